The molecule has 2 N–H and O–H groups in total. The number of benzene rings is 1. The first-order chi connectivity index (χ1) is 8.85. The summed E-state index contributed by atoms with van der Waals surface area (Å²) in [6.45, 7) is 0.0671. The first kappa shape index (κ1) is 10.8. The van der Waals surface area contributed by atoms with Crippen molar-refractivity contribution in [1.82, 2.24) is 9.97 Å². The molecular weight excluding hydrogens is 234 g/mol. The number of aliphatic hydroxyl groups is 1. The average molecular weight is 245 g/mol. The molecule has 0 saturated heterocycles. The van der Waals surface area contributed by atoms with Crippen molar-refractivity contribution in [3.8, 4) is 11.5 Å². The molecule has 2 heterocycles. The molecule has 1 aromatic heterocycles. The smallest absolute Gasteiger partial charge is 0.231 e. The first-order valence-electron chi connectivity index (χ1n) is 5.44. The van der Waals surface area contributed by atoms with Crippen LogP contribution < -0.4 is 14.8 Å². The van der Waals surface area contributed by atoms with E-state index in [2.05, 4.69) is 15.3 Å². The molecular formula is C12H11N3O3. The normalized spacial score (nSPS) is 12.5. The standard InChI is InChI=1S/C12H11N3O3/c16-6-12-13-4-3-11(15-12)14-8-1-2-9-10(5-8)18-7-17-9/h1-5,16H,6-7H2,(H,13,14,15). The second kappa shape index (κ2) is 4.50. The fourth-order valence-electron chi connectivity index (χ4n) is 1.67. The lowest BCUT2D eigenvalue weighted by Crippen LogP contribution is -1.99. The van der Waals surface area contributed by atoms with Crippen LogP contribution in [0.5, 0.6) is 11.5 Å². The van der Waals surface area contributed by atoms with Crippen molar-refractivity contribution in [2.45, 2.75) is 6.61 Å². The molecule has 0 amide bonds. The third-order valence-electron chi connectivity index (χ3n) is 2.49. The summed E-state index contributed by atoms with van der Waals surface area (Å²) >= 11 is 0. The van der Waals surface area contributed by atoms with Crippen molar-refractivity contribution >= 4 is 11.5 Å². The van der Waals surface area contributed by atoms with E-state index in [0.717, 1.165) is 11.4 Å². The molecule has 3 rings (SSSR count). The highest BCUT2D eigenvalue weighted by molar-refractivity contribution is 5.61. The van der Waals surface area contributed by atoms with Crippen LogP contribution in [0.3, 0.4) is 0 Å². The van der Waals surface area contributed by atoms with Crippen LogP contribution in [0.15, 0.2) is 30.5 Å². The van der Waals surface area contributed by atoms with Crippen molar-refractivity contribution in [2.24, 2.45) is 0 Å². The third-order valence-corrected chi connectivity index (χ3v) is 2.49. The summed E-state index contributed by atoms with van der Waals surface area (Å²) in [6, 6.07) is 7.26. The van der Waals surface area contributed by atoms with Gasteiger partial charge in [0, 0.05) is 18.0 Å². The molecule has 0 unspecified atom stereocenters. The minimum absolute atomic E-state index is 0.184. The summed E-state index contributed by atoms with van der Waals surface area (Å²) in [5, 5.41) is 12.1. The summed E-state index contributed by atoms with van der Waals surface area (Å²) in [5.41, 5.74) is 0.835. The summed E-state index contributed by atoms with van der Waals surface area (Å²) in [7, 11) is 0. The number of nitrogens with zero attached hydrogens (tertiary/aromatic N) is 2. The molecule has 92 valence electrons. The van der Waals surface area contributed by atoms with Gasteiger partial charge in [0.25, 0.3) is 0 Å². The Morgan fingerprint density at radius 1 is 1.22 bits per heavy atom. The number of anilines is 2. The molecule has 0 radical (unpaired) electrons. The lowest BCUT2D eigenvalue weighted by atomic mass is 10.3. The van der Waals surface area contributed by atoms with E-state index >= 15 is 0 Å². The summed E-state index contributed by atoms with van der Waals surface area (Å²) in [4.78, 5) is 8.05. The highest BCUT2D eigenvalue weighted by Gasteiger charge is 2.13. The predicted molar refractivity (Wildman–Crippen MR) is 63.8 cm³/mol. The topological polar surface area (TPSA) is 76.5 Å². The number of aromatic nitrogens is 2. The largest absolute Gasteiger partial charge is 0.454 e. The molecule has 0 spiro atoms. The maximum Gasteiger partial charge on any atom is 0.231 e. The van der Waals surface area contributed by atoms with Crippen molar-refractivity contribution in [3.63, 3.8) is 0 Å². The highest BCUT2D eigenvalue weighted by atomic mass is 16.7. The molecule has 0 atom stereocenters. The van der Waals surface area contributed by atoms with E-state index < -0.39 is 0 Å². The molecule has 2 aromatic rings. The van der Waals surface area contributed by atoms with Gasteiger partial charge in [0.2, 0.25) is 6.79 Å². The van der Waals surface area contributed by atoms with Crippen LogP contribution >= 0.6 is 0 Å². The van der Waals surface area contributed by atoms with E-state index in [-0.39, 0.29) is 13.4 Å². The van der Waals surface area contributed by atoms with E-state index in [9.17, 15) is 0 Å². The number of hydrogen-bond donors (Lipinski definition) is 2. The zero-order valence-corrected chi connectivity index (χ0v) is 9.46. The van der Waals surface area contributed by atoms with Gasteiger partial charge in [-0.2, -0.15) is 0 Å². The van der Waals surface area contributed by atoms with Gasteiger partial charge in [-0.25, -0.2) is 9.97 Å². The zero-order valence-electron chi connectivity index (χ0n) is 9.46. The average Bonchev–Trinajstić information content (AvgIpc) is 2.86. The summed E-state index contributed by atoms with van der Waals surface area (Å²) < 4.78 is 10.5. The number of aliphatic hydroxyl groups excluding tert-OH is 1. The van der Waals surface area contributed by atoms with Crippen molar-refractivity contribution in [2.75, 3.05) is 12.1 Å². The Bertz CT molecular complexity index is 574. The molecule has 0 aliphatic carbocycles. The number of nitrogens with one attached hydrogen (secondary N) is 1. The molecule has 6 heteroatoms. The van der Waals surface area contributed by atoms with E-state index in [0.29, 0.717) is 17.4 Å². The molecule has 0 bridgehead atoms. The van der Waals surface area contributed by atoms with Crippen LogP contribution in [-0.2, 0) is 6.61 Å². The van der Waals surface area contributed by atoms with Gasteiger partial charge >= 0.3 is 0 Å². The second-order valence-corrected chi connectivity index (χ2v) is 3.71. The first-order valence-corrected chi connectivity index (χ1v) is 5.44. The quantitative estimate of drug-likeness (QED) is 0.852. The van der Waals surface area contributed by atoms with Gasteiger partial charge in [0.15, 0.2) is 17.3 Å². The Morgan fingerprint density at radius 3 is 3.00 bits per heavy atom. The molecule has 0 fully saturated rings. The Kier molecular flexibility index (Phi) is 2.70. The maximum atomic E-state index is 8.97. The van der Waals surface area contributed by atoms with Crippen LogP contribution in [0.2, 0.25) is 0 Å². The van der Waals surface area contributed by atoms with Gasteiger partial charge in [-0.3, -0.25) is 0 Å². The summed E-state index contributed by atoms with van der Waals surface area (Å²) in [5.74, 6) is 2.43. The Hall–Kier alpha value is -2.34. The minimum atomic E-state index is -0.184. The molecule has 1 aromatic carbocycles. The monoisotopic (exact) mass is 245 g/mol. The second-order valence-electron chi connectivity index (χ2n) is 3.71. The molecule has 1 aliphatic rings. The number of fused-ring (bicyclic) bond motifs is 1. The zero-order chi connectivity index (χ0) is 12.4. The fraction of sp³-hybridized carbons (Fsp3) is 0.167. The Labute approximate surface area is 103 Å². The number of ether oxygens (including phenoxy) is 2. The van der Waals surface area contributed by atoms with Crippen molar-refractivity contribution < 1.29 is 14.6 Å². The maximum absolute atomic E-state index is 8.97. The molecule has 18 heavy (non-hydrogen) atoms. The SMILES string of the molecule is OCc1nccc(Nc2ccc3c(c2)OCO3)n1. The van der Waals surface area contributed by atoms with E-state index in [4.69, 9.17) is 14.6 Å². The van der Waals surface area contributed by atoms with Crippen LogP contribution in [0.1, 0.15) is 5.82 Å². The predicted octanol–water partition coefficient (Wildman–Crippen LogP) is 1.44. The van der Waals surface area contributed by atoms with Crippen LogP contribution in [0.25, 0.3) is 0 Å². The Balaban J connectivity index is 1.83. The lowest BCUT2D eigenvalue weighted by molar-refractivity contribution is 0.174. The van der Waals surface area contributed by atoms with Crippen LogP contribution in [-0.4, -0.2) is 21.9 Å². The van der Waals surface area contributed by atoms with Crippen LogP contribution in [0.4, 0.5) is 11.5 Å². The minimum Gasteiger partial charge on any atom is -0.454 e. The molecule has 1 aliphatic heterocycles. The summed E-state index contributed by atoms with van der Waals surface area (Å²) in [6.07, 6.45) is 1.59. The van der Waals surface area contributed by atoms with Crippen LogP contribution in [0, 0.1) is 0 Å². The van der Waals surface area contributed by atoms with Gasteiger partial charge in [0.05, 0.1) is 0 Å². The molecule has 0 saturated carbocycles. The van der Waals surface area contributed by atoms with Gasteiger partial charge < -0.3 is 19.9 Å². The van der Waals surface area contributed by atoms with E-state index in [1.165, 1.54) is 0 Å². The van der Waals surface area contributed by atoms with Gasteiger partial charge in [-0.05, 0) is 18.2 Å². The number of hydrogen-bond acceptors (Lipinski definition) is 6. The van der Waals surface area contributed by atoms with Gasteiger partial charge in [0.1, 0.15) is 12.4 Å². The van der Waals surface area contributed by atoms with Crippen molar-refractivity contribution in [3.05, 3.63) is 36.3 Å². The Morgan fingerprint density at radius 2 is 2.11 bits per heavy atom. The highest BCUT2D eigenvalue weighted by Crippen LogP contribution is 2.34. The van der Waals surface area contributed by atoms with E-state index in [1.807, 2.05) is 18.2 Å². The molecule has 6 nitrogen and oxygen atoms in total. The fourth-order valence-corrected chi connectivity index (χ4v) is 1.67. The van der Waals surface area contributed by atoms with Gasteiger partial charge in [-0.1, -0.05) is 0 Å². The third kappa shape index (κ3) is 2.05. The van der Waals surface area contributed by atoms with Crippen molar-refractivity contribution in [1.29, 1.82) is 0 Å². The van der Waals surface area contributed by atoms with E-state index in [1.54, 1.807) is 12.3 Å². The van der Waals surface area contributed by atoms with Gasteiger partial charge in [-0.15, -0.1) is 0 Å². The number of rotatable bonds is 3. The lowest BCUT2D eigenvalue weighted by Gasteiger charge is -2.06.